The van der Waals surface area contributed by atoms with Crippen molar-refractivity contribution in [2.75, 3.05) is 29.7 Å². The van der Waals surface area contributed by atoms with Gasteiger partial charge in [0, 0.05) is 25.2 Å². The summed E-state index contributed by atoms with van der Waals surface area (Å²) in [5.41, 5.74) is 2.45. The first-order valence-electron chi connectivity index (χ1n) is 6.64. The van der Waals surface area contributed by atoms with Gasteiger partial charge in [0.25, 0.3) is 0 Å². The van der Waals surface area contributed by atoms with Crippen LogP contribution in [0, 0.1) is 0 Å². The van der Waals surface area contributed by atoms with E-state index in [0.29, 0.717) is 17.8 Å². The van der Waals surface area contributed by atoms with Gasteiger partial charge in [0.2, 0.25) is 17.8 Å². The molecule has 0 aliphatic rings. The molecule has 1 unspecified atom stereocenters. The molecule has 0 amide bonds. The van der Waals surface area contributed by atoms with Crippen LogP contribution < -0.4 is 21.5 Å². The maximum absolute atomic E-state index is 5.39. The zero-order valence-corrected chi connectivity index (χ0v) is 13.4. The average Bonchev–Trinajstić information content (AvgIpc) is 2.95. The summed E-state index contributed by atoms with van der Waals surface area (Å²) in [5.74, 6) is 6.70. The van der Waals surface area contributed by atoms with Gasteiger partial charge in [-0.15, -0.1) is 11.3 Å². The lowest BCUT2D eigenvalue weighted by molar-refractivity contribution is 0.837. The van der Waals surface area contributed by atoms with Gasteiger partial charge in [0.05, 0.1) is 6.04 Å². The summed E-state index contributed by atoms with van der Waals surface area (Å²) in [6.45, 7) is 4.14. The first kappa shape index (κ1) is 15.4. The van der Waals surface area contributed by atoms with Crippen LogP contribution in [0.2, 0.25) is 0 Å². The van der Waals surface area contributed by atoms with E-state index in [2.05, 4.69) is 37.6 Å². The molecule has 0 saturated carbocycles. The summed E-state index contributed by atoms with van der Waals surface area (Å²) in [7, 11) is 3.72. The van der Waals surface area contributed by atoms with Crippen LogP contribution >= 0.6 is 11.3 Å². The van der Waals surface area contributed by atoms with Crippen LogP contribution in [0.1, 0.15) is 29.8 Å². The molecule has 114 valence electrons. The monoisotopic (exact) mass is 308 g/mol. The minimum Gasteiger partial charge on any atom is -0.347 e. The molecule has 0 spiro atoms. The van der Waals surface area contributed by atoms with E-state index < -0.39 is 0 Å². The number of hydrogen-bond donors (Lipinski definition) is 3. The summed E-state index contributed by atoms with van der Waals surface area (Å²) in [5, 5.41) is 4.23. The van der Waals surface area contributed by atoms with Gasteiger partial charge in [-0.2, -0.15) is 15.0 Å². The molecule has 8 nitrogen and oxygen atoms in total. The van der Waals surface area contributed by atoms with Gasteiger partial charge < -0.3 is 10.2 Å². The average molecular weight is 308 g/mol. The molecule has 2 aromatic heterocycles. The Morgan fingerprint density at radius 1 is 1.29 bits per heavy atom. The molecule has 0 aliphatic heterocycles. The van der Waals surface area contributed by atoms with Crippen LogP contribution in [-0.2, 0) is 6.42 Å². The Morgan fingerprint density at radius 2 is 2.00 bits per heavy atom. The number of aryl methyl sites for hydroxylation is 1. The minimum absolute atomic E-state index is 0.0123. The van der Waals surface area contributed by atoms with E-state index in [1.54, 1.807) is 16.2 Å². The van der Waals surface area contributed by atoms with E-state index in [9.17, 15) is 0 Å². The lowest BCUT2D eigenvalue weighted by atomic mass is 10.3. The zero-order valence-electron chi connectivity index (χ0n) is 12.6. The third-order valence-corrected chi connectivity index (χ3v) is 4.11. The molecule has 2 aromatic rings. The van der Waals surface area contributed by atoms with E-state index in [4.69, 9.17) is 5.84 Å². The number of nitrogens with one attached hydrogen (secondary N) is 2. The third kappa shape index (κ3) is 3.76. The van der Waals surface area contributed by atoms with E-state index in [-0.39, 0.29) is 6.04 Å². The maximum atomic E-state index is 5.39. The van der Waals surface area contributed by atoms with Crippen LogP contribution in [0.15, 0.2) is 6.20 Å². The number of thiazole rings is 1. The first-order chi connectivity index (χ1) is 10.0. The molecule has 2 heterocycles. The van der Waals surface area contributed by atoms with Gasteiger partial charge in [0.15, 0.2) is 0 Å². The highest BCUT2D eigenvalue weighted by molar-refractivity contribution is 7.11. The van der Waals surface area contributed by atoms with Crippen LogP contribution in [0.5, 0.6) is 0 Å². The SMILES string of the molecule is CCc1cnc(C(C)Nc2nc(NN)nc(N(C)C)n2)s1. The largest absolute Gasteiger partial charge is 0.347 e. The Bertz CT molecular complexity index is 597. The second kappa shape index (κ2) is 6.64. The molecule has 1 atom stereocenters. The number of rotatable bonds is 6. The predicted molar refractivity (Wildman–Crippen MR) is 85.5 cm³/mol. The van der Waals surface area contributed by atoms with E-state index >= 15 is 0 Å². The second-order valence-electron chi connectivity index (χ2n) is 4.71. The van der Waals surface area contributed by atoms with Crippen molar-refractivity contribution in [2.45, 2.75) is 26.3 Å². The van der Waals surface area contributed by atoms with Gasteiger partial charge in [-0.1, -0.05) is 6.92 Å². The molecule has 9 heteroatoms. The van der Waals surface area contributed by atoms with E-state index in [1.807, 2.05) is 27.2 Å². The van der Waals surface area contributed by atoms with Crippen molar-refractivity contribution in [1.29, 1.82) is 0 Å². The highest BCUT2D eigenvalue weighted by Crippen LogP contribution is 2.23. The molecule has 0 fully saturated rings. The second-order valence-corrected chi connectivity index (χ2v) is 5.85. The molecule has 0 aliphatic carbocycles. The Morgan fingerprint density at radius 3 is 2.57 bits per heavy atom. The van der Waals surface area contributed by atoms with Crippen molar-refractivity contribution < 1.29 is 0 Å². The fraction of sp³-hybridized carbons (Fsp3) is 0.500. The number of nitrogen functional groups attached to an aromatic ring is 1. The fourth-order valence-electron chi connectivity index (χ4n) is 1.64. The van der Waals surface area contributed by atoms with E-state index in [1.165, 1.54) is 4.88 Å². The Labute approximate surface area is 127 Å². The standard InChI is InChI=1S/C12H20N8S/c1-5-8-6-14-9(21-8)7(2)15-10-16-11(19-13)18-12(17-10)20(3)4/h6-7H,5,13H2,1-4H3,(H2,15,16,17,18,19). The third-order valence-electron chi connectivity index (χ3n) is 2.79. The number of aromatic nitrogens is 4. The number of nitrogens with two attached hydrogens (primary N) is 1. The lowest BCUT2D eigenvalue weighted by Crippen LogP contribution is -2.19. The van der Waals surface area contributed by atoms with Crippen molar-refractivity contribution in [3.05, 3.63) is 16.1 Å². The van der Waals surface area contributed by atoms with Gasteiger partial charge in [0.1, 0.15) is 5.01 Å². The zero-order chi connectivity index (χ0) is 15.4. The van der Waals surface area contributed by atoms with Crippen molar-refractivity contribution in [2.24, 2.45) is 5.84 Å². The molecular weight excluding hydrogens is 288 g/mol. The van der Waals surface area contributed by atoms with Crippen LogP contribution in [-0.4, -0.2) is 34.0 Å². The van der Waals surface area contributed by atoms with Gasteiger partial charge in [-0.3, -0.25) is 5.43 Å². The molecule has 0 saturated heterocycles. The minimum atomic E-state index is 0.0123. The normalized spacial score (nSPS) is 12.0. The summed E-state index contributed by atoms with van der Waals surface area (Å²) in [6, 6.07) is 0.0123. The van der Waals surface area contributed by atoms with Crippen molar-refractivity contribution in [3.8, 4) is 0 Å². The topological polar surface area (TPSA) is 105 Å². The maximum Gasteiger partial charge on any atom is 0.243 e. The Kier molecular flexibility index (Phi) is 4.86. The molecule has 4 N–H and O–H groups in total. The molecule has 0 aromatic carbocycles. The molecule has 0 radical (unpaired) electrons. The van der Waals surface area contributed by atoms with E-state index in [0.717, 1.165) is 11.4 Å². The summed E-state index contributed by atoms with van der Waals surface area (Å²) in [6.07, 6.45) is 2.89. The highest BCUT2D eigenvalue weighted by atomic mass is 32.1. The molecular formula is C12H20N8S. The summed E-state index contributed by atoms with van der Waals surface area (Å²) >= 11 is 1.69. The molecule has 21 heavy (non-hydrogen) atoms. The van der Waals surface area contributed by atoms with Crippen LogP contribution in [0.3, 0.4) is 0 Å². The lowest BCUT2D eigenvalue weighted by Gasteiger charge is -2.15. The fourth-order valence-corrected chi connectivity index (χ4v) is 2.50. The Hall–Kier alpha value is -2.00. The number of hydrogen-bond acceptors (Lipinski definition) is 9. The van der Waals surface area contributed by atoms with Crippen molar-refractivity contribution >= 4 is 29.2 Å². The summed E-state index contributed by atoms with van der Waals surface area (Å²) < 4.78 is 0. The number of nitrogens with zero attached hydrogens (tertiary/aromatic N) is 5. The molecule has 2 rings (SSSR count). The van der Waals surface area contributed by atoms with Crippen molar-refractivity contribution in [1.82, 2.24) is 19.9 Å². The number of anilines is 3. The van der Waals surface area contributed by atoms with Gasteiger partial charge >= 0.3 is 0 Å². The number of hydrazine groups is 1. The molecule has 0 bridgehead atoms. The van der Waals surface area contributed by atoms with Crippen LogP contribution in [0.25, 0.3) is 0 Å². The van der Waals surface area contributed by atoms with Gasteiger partial charge in [-0.25, -0.2) is 10.8 Å². The first-order valence-corrected chi connectivity index (χ1v) is 7.46. The van der Waals surface area contributed by atoms with Gasteiger partial charge in [-0.05, 0) is 13.3 Å². The van der Waals surface area contributed by atoms with Crippen molar-refractivity contribution in [3.63, 3.8) is 0 Å². The Balaban J connectivity index is 2.19. The van der Waals surface area contributed by atoms with Crippen LogP contribution in [0.4, 0.5) is 17.8 Å². The predicted octanol–water partition coefficient (Wildman–Crippen LogP) is 1.42. The quantitative estimate of drug-likeness (QED) is 0.543. The smallest absolute Gasteiger partial charge is 0.243 e. The highest BCUT2D eigenvalue weighted by Gasteiger charge is 2.13. The summed E-state index contributed by atoms with van der Waals surface area (Å²) in [4.78, 5) is 20.2.